The fourth-order valence-corrected chi connectivity index (χ4v) is 6.85. The normalized spacial score (nSPS) is 17.3. The lowest BCUT2D eigenvalue weighted by atomic mass is 9.78. The van der Waals surface area contributed by atoms with Crippen molar-refractivity contribution in [1.29, 1.82) is 0 Å². The Labute approximate surface area is 328 Å². The van der Waals surface area contributed by atoms with Gasteiger partial charge in [-0.3, -0.25) is 4.98 Å². The van der Waals surface area contributed by atoms with Gasteiger partial charge in [0.25, 0.3) is 12.9 Å². The highest BCUT2D eigenvalue weighted by Gasteiger charge is 2.52. The van der Waals surface area contributed by atoms with Crippen LogP contribution in [0.4, 0.5) is 22.0 Å². The van der Waals surface area contributed by atoms with E-state index in [2.05, 4.69) is 18.8 Å². The van der Waals surface area contributed by atoms with Gasteiger partial charge < -0.3 is 30.2 Å². The molecule has 1 fully saturated rings. The monoisotopic (exact) mass is 785 g/mol. The number of hydrogen-bond donors (Lipinski definition) is 2. The fraction of sp³-hybridized carbons (Fsp3) is 0.512. The van der Waals surface area contributed by atoms with E-state index in [1.165, 1.54) is 30.3 Å². The lowest BCUT2D eigenvalue weighted by Crippen LogP contribution is -2.43. The predicted molar refractivity (Wildman–Crippen MR) is 214 cm³/mol. The molecule has 2 heterocycles. The average Bonchev–Trinajstić information content (AvgIpc) is 3.31. The molecule has 13 heteroatoms. The maximum atomic E-state index is 13.7. The molecule has 0 unspecified atom stereocenters. The summed E-state index contributed by atoms with van der Waals surface area (Å²) < 4.78 is 91.8. The zero-order chi connectivity index (χ0) is 41.8. The Balaban J connectivity index is 0.000000249. The summed E-state index contributed by atoms with van der Waals surface area (Å²) in [6.45, 7) is 19.9. The number of aromatic nitrogens is 1. The molecule has 7 nitrogen and oxygen atoms in total. The lowest BCUT2D eigenvalue weighted by Gasteiger charge is -2.32. The molecule has 5 rings (SSSR count). The largest absolute Gasteiger partial charge is 0.494 e. The highest BCUT2D eigenvalue weighted by atomic mass is 19.3. The minimum absolute atomic E-state index is 0.105. The van der Waals surface area contributed by atoms with E-state index in [0.717, 1.165) is 6.42 Å². The van der Waals surface area contributed by atoms with Gasteiger partial charge in [0.1, 0.15) is 30.5 Å². The van der Waals surface area contributed by atoms with Crippen LogP contribution in [-0.4, -0.2) is 47.6 Å². The van der Waals surface area contributed by atoms with Crippen LogP contribution >= 0.6 is 0 Å². The van der Waals surface area contributed by atoms with Crippen LogP contribution in [0.3, 0.4) is 0 Å². The summed E-state index contributed by atoms with van der Waals surface area (Å²) >= 11 is 0. The third-order valence-electron chi connectivity index (χ3n) is 9.92. The van der Waals surface area contributed by atoms with Gasteiger partial charge in [-0.1, -0.05) is 39.8 Å². The molecule has 0 radical (unpaired) electrons. The highest BCUT2D eigenvalue weighted by Crippen LogP contribution is 2.38. The summed E-state index contributed by atoms with van der Waals surface area (Å²) in [5.41, 5.74) is 12.1. The number of nitrogens with two attached hydrogens (primary N) is 2. The second kappa shape index (κ2) is 17.8. The van der Waals surface area contributed by atoms with Gasteiger partial charge in [0.05, 0.1) is 27.8 Å². The van der Waals surface area contributed by atoms with E-state index in [9.17, 15) is 22.0 Å². The summed E-state index contributed by atoms with van der Waals surface area (Å²) in [7, 11) is -0.692. The molecular formula is C43H57BF5N3O4. The first-order valence-electron chi connectivity index (χ1n) is 19.0. The number of ether oxygens (including phenoxy) is 2. The van der Waals surface area contributed by atoms with Crippen LogP contribution < -0.4 is 26.4 Å². The maximum absolute atomic E-state index is 13.7. The third-order valence-corrected chi connectivity index (χ3v) is 9.92. The van der Waals surface area contributed by atoms with Crippen molar-refractivity contribution >= 4 is 23.5 Å². The van der Waals surface area contributed by atoms with E-state index in [0.29, 0.717) is 45.7 Å². The SMILES string of the molecule is CC(C)C[C@@](C)(N)COc1ccc(B2OC(C)(C)C(C)(C)O2)cc1C(F)F.CC(C)C[C@](C)(N)COc1ccc(-c2ccnc3ccc(F)cc23)cc1C(F)F. The van der Waals surface area contributed by atoms with Crippen LogP contribution in [0.1, 0.15) is 106 Å². The van der Waals surface area contributed by atoms with E-state index < -0.39 is 48.1 Å². The van der Waals surface area contributed by atoms with Crippen molar-refractivity contribution in [2.24, 2.45) is 23.3 Å². The molecule has 0 aliphatic carbocycles. The quantitative estimate of drug-likeness (QED) is 0.0970. The number of halogens is 5. The molecule has 4 N–H and O–H groups in total. The highest BCUT2D eigenvalue weighted by molar-refractivity contribution is 6.62. The topological polar surface area (TPSA) is 102 Å². The number of pyridine rings is 1. The Morgan fingerprint density at radius 3 is 1.71 bits per heavy atom. The molecule has 0 amide bonds. The summed E-state index contributed by atoms with van der Waals surface area (Å²) in [5, 5.41) is 0.563. The Morgan fingerprint density at radius 1 is 0.714 bits per heavy atom. The first-order valence-corrected chi connectivity index (χ1v) is 19.0. The van der Waals surface area contributed by atoms with Crippen LogP contribution in [0.15, 0.2) is 66.9 Å². The average molecular weight is 786 g/mol. The van der Waals surface area contributed by atoms with Crippen LogP contribution in [0.5, 0.6) is 11.5 Å². The molecule has 306 valence electrons. The number of alkyl halides is 4. The Hall–Kier alpha value is -3.78. The molecule has 4 aromatic rings. The van der Waals surface area contributed by atoms with Crippen LogP contribution in [0, 0.1) is 17.7 Å². The first kappa shape index (κ1) is 44.9. The molecule has 0 saturated carbocycles. The zero-order valence-corrected chi connectivity index (χ0v) is 34.2. The van der Waals surface area contributed by atoms with Crippen molar-refractivity contribution in [2.75, 3.05) is 13.2 Å². The zero-order valence-electron chi connectivity index (χ0n) is 34.2. The van der Waals surface area contributed by atoms with Gasteiger partial charge >= 0.3 is 7.12 Å². The van der Waals surface area contributed by atoms with Crippen molar-refractivity contribution in [2.45, 2.75) is 117 Å². The van der Waals surface area contributed by atoms with Crippen molar-refractivity contribution in [3.8, 4) is 22.6 Å². The smallest absolute Gasteiger partial charge is 0.491 e. The molecule has 1 aromatic heterocycles. The summed E-state index contributed by atoms with van der Waals surface area (Å²) in [5.74, 6) is 0.599. The van der Waals surface area contributed by atoms with Gasteiger partial charge in [0, 0.05) is 22.7 Å². The van der Waals surface area contributed by atoms with Crippen LogP contribution in [-0.2, 0) is 9.31 Å². The van der Waals surface area contributed by atoms with E-state index >= 15 is 0 Å². The molecule has 1 aliphatic heterocycles. The van der Waals surface area contributed by atoms with Gasteiger partial charge in [0.15, 0.2) is 0 Å². The number of benzene rings is 3. The minimum Gasteiger partial charge on any atom is -0.491 e. The van der Waals surface area contributed by atoms with Gasteiger partial charge in [-0.05, 0) is 131 Å². The first-order chi connectivity index (χ1) is 25.9. The van der Waals surface area contributed by atoms with Crippen LogP contribution in [0.2, 0.25) is 0 Å². The Bertz CT molecular complexity index is 1920. The second-order valence-corrected chi connectivity index (χ2v) is 17.3. The Kier molecular flexibility index (Phi) is 14.3. The number of hydrogen-bond acceptors (Lipinski definition) is 7. The van der Waals surface area contributed by atoms with Crippen molar-refractivity contribution in [3.63, 3.8) is 0 Å². The predicted octanol–water partition coefficient (Wildman–Crippen LogP) is 10.2. The minimum atomic E-state index is -2.72. The van der Waals surface area contributed by atoms with E-state index in [1.807, 2.05) is 55.4 Å². The van der Waals surface area contributed by atoms with Crippen molar-refractivity contribution in [3.05, 3.63) is 83.8 Å². The number of nitrogens with zero attached hydrogens (tertiary/aromatic N) is 1. The molecule has 3 aromatic carbocycles. The molecule has 1 aliphatic rings. The van der Waals surface area contributed by atoms with Gasteiger partial charge in [-0.2, -0.15) is 0 Å². The third kappa shape index (κ3) is 11.6. The Morgan fingerprint density at radius 2 is 1.21 bits per heavy atom. The van der Waals surface area contributed by atoms with Gasteiger partial charge in [-0.25, -0.2) is 22.0 Å². The fourth-order valence-electron chi connectivity index (χ4n) is 6.85. The molecule has 2 atom stereocenters. The molecule has 1 saturated heterocycles. The number of fused-ring (bicyclic) bond motifs is 1. The molecule has 0 spiro atoms. The van der Waals surface area contributed by atoms with E-state index in [1.54, 1.807) is 36.5 Å². The summed E-state index contributed by atoms with van der Waals surface area (Å²) in [6, 6.07) is 15.2. The molecule has 56 heavy (non-hydrogen) atoms. The van der Waals surface area contributed by atoms with E-state index in [4.69, 9.17) is 30.2 Å². The lowest BCUT2D eigenvalue weighted by molar-refractivity contribution is 0.00578. The summed E-state index contributed by atoms with van der Waals surface area (Å²) in [6.07, 6.45) is -2.36. The van der Waals surface area contributed by atoms with Crippen LogP contribution in [0.25, 0.3) is 22.0 Å². The van der Waals surface area contributed by atoms with Gasteiger partial charge in [-0.15, -0.1) is 0 Å². The van der Waals surface area contributed by atoms with E-state index in [-0.39, 0.29) is 35.8 Å². The second-order valence-electron chi connectivity index (χ2n) is 17.3. The van der Waals surface area contributed by atoms with Crippen molar-refractivity contribution in [1.82, 2.24) is 4.98 Å². The molecular weight excluding hydrogens is 728 g/mol. The number of rotatable bonds is 14. The summed E-state index contributed by atoms with van der Waals surface area (Å²) in [4.78, 5) is 4.21. The maximum Gasteiger partial charge on any atom is 0.494 e. The van der Waals surface area contributed by atoms with Gasteiger partial charge in [0.2, 0.25) is 0 Å². The standard InChI is InChI=1S/C23H25F3N2O.C20H32BF2NO3/c1-14(2)12-23(3,27)13-29-21-7-4-15(10-19(21)22(25)26)17-8-9-28-20-6-5-16(24)11-18(17)20;1-13(2)11-20(7,24)12-25-16-9-8-14(10-15(16)17(22)23)21-26-18(3,4)19(5,6)27-21/h4-11,14,22H,12-13,27H2,1-3H3;8-10,13,17H,11-12,24H2,1-7H3/t23-;20-/m01/s1. The molecule has 0 bridgehead atoms. The van der Waals surface area contributed by atoms with Crippen molar-refractivity contribution < 1.29 is 40.7 Å².